The summed E-state index contributed by atoms with van der Waals surface area (Å²) < 4.78 is 11.0. The summed E-state index contributed by atoms with van der Waals surface area (Å²) in [7, 11) is 0. The molecule has 0 fully saturated rings. The van der Waals surface area contributed by atoms with E-state index >= 15 is 0 Å². The van der Waals surface area contributed by atoms with Crippen LogP contribution < -0.4 is 25.6 Å². The Balaban J connectivity index is 1.81. The number of nitrogens with one attached hydrogen (secondary N) is 3. The standard InChI is InChI=1S/C20H25N3O3S/c1-4-15-8-6-7-9-18(15)21-20(27)23-22-19(24)14(3)26-17-12-10-16(11-13-17)25-5-2/h6-14H,4-5H2,1-3H3,(H,22,24)(H2,21,23,27)/t14-/m0/s1. The second-order valence-corrected chi connectivity index (χ2v) is 6.15. The van der Waals surface area contributed by atoms with Gasteiger partial charge in [0, 0.05) is 5.69 Å². The maximum absolute atomic E-state index is 12.2. The van der Waals surface area contributed by atoms with Crippen molar-refractivity contribution in [3.05, 3.63) is 54.1 Å². The van der Waals surface area contributed by atoms with Gasteiger partial charge in [0.1, 0.15) is 11.5 Å². The summed E-state index contributed by atoms with van der Waals surface area (Å²) in [4.78, 5) is 12.2. The number of thiocarbonyl (C=S) groups is 1. The van der Waals surface area contributed by atoms with Gasteiger partial charge in [0.25, 0.3) is 5.91 Å². The van der Waals surface area contributed by atoms with Gasteiger partial charge in [-0.15, -0.1) is 0 Å². The van der Waals surface area contributed by atoms with E-state index in [-0.39, 0.29) is 5.91 Å². The molecule has 0 heterocycles. The summed E-state index contributed by atoms with van der Waals surface area (Å²) in [6.45, 7) is 6.25. The number of para-hydroxylation sites is 1. The van der Waals surface area contributed by atoms with Crippen LogP contribution in [0.3, 0.4) is 0 Å². The average Bonchev–Trinajstić information content (AvgIpc) is 2.68. The number of ether oxygens (including phenoxy) is 2. The molecule has 144 valence electrons. The zero-order valence-electron chi connectivity index (χ0n) is 15.7. The zero-order chi connectivity index (χ0) is 19.6. The Kier molecular flexibility index (Phi) is 7.88. The fraction of sp³-hybridized carbons (Fsp3) is 0.300. The molecule has 27 heavy (non-hydrogen) atoms. The Hall–Kier alpha value is -2.80. The maximum atomic E-state index is 12.2. The number of carbonyl (C=O) groups is 1. The molecule has 2 aromatic carbocycles. The van der Waals surface area contributed by atoms with Crippen LogP contribution in [-0.2, 0) is 11.2 Å². The molecule has 0 aliphatic carbocycles. The summed E-state index contributed by atoms with van der Waals surface area (Å²) in [6.07, 6.45) is 0.187. The largest absolute Gasteiger partial charge is 0.494 e. The van der Waals surface area contributed by atoms with Crippen LogP contribution in [-0.4, -0.2) is 23.7 Å². The van der Waals surface area contributed by atoms with Crippen molar-refractivity contribution >= 4 is 28.9 Å². The first kappa shape index (κ1) is 20.5. The number of benzene rings is 2. The van der Waals surface area contributed by atoms with E-state index in [9.17, 15) is 4.79 Å². The van der Waals surface area contributed by atoms with Gasteiger partial charge in [0.05, 0.1) is 6.61 Å². The Morgan fingerprint density at radius 1 is 1.04 bits per heavy atom. The molecule has 2 rings (SSSR count). The lowest BCUT2D eigenvalue weighted by Gasteiger charge is -2.17. The second kappa shape index (κ2) is 10.4. The van der Waals surface area contributed by atoms with E-state index in [1.807, 2.05) is 31.2 Å². The van der Waals surface area contributed by atoms with Crippen molar-refractivity contribution in [2.24, 2.45) is 0 Å². The van der Waals surface area contributed by atoms with Crippen LogP contribution in [0.5, 0.6) is 11.5 Å². The lowest BCUT2D eigenvalue weighted by atomic mass is 10.1. The number of aryl methyl sites for hydroxylation is 1. The first-order valence-corrected chi connectivity index (χ1v) is 9.28. The molecule has 6 nitrogen and oxygen atoms in total. The van der Waals surface area contributed by atoms with Crippen molar-refractivity contribution in [1.82, 2.24) is 10.9 Å². The van der Waals surface area contributed by atoms with E-state index in [0.717, 1.165) is 23.4 Å². The van der Waals surface area contributed by atoms with Crippen LogP contribution in [0.1, 0.15) is 26.3 Å². The number of hydrazine groups is 1. The van der Waals surface area contributed by atoms with Gasteiger partial charge in [-0.2, -0.15) is 0 Å². The molecule has 0 spiro atoms. The molecule has 1 amide bonds. The molecule has 7 heteroatoms. The van der Waals surface area contributed by atoms with Crippen LogP contribution >= 0.6 is 12.2 Å². The predicted molar refractivity (Wildman–Crippen MR) is 111 cm³/mol. The van der Waals surface area contributed by atoms with Crippen molar-refractivity contribution in [2.75, 3.05) is 11.9 Å². The minimum Gasteiger partial charge on any atom is -0.494 e. The summed E-state index contributed by atoms with van der Waals surface area (Å²) in [5.74, 6) is 1.00. The summed E-state index contributed by atoms with van der Waals surface area (Å²) in [5, 5.41) is 3.38. The first-order chi connectivity index (χ1) is 13.0. The van der Waals surface area contributed by atoms with Gasteiger partial charge in [-0.1, -0.05) is 25.1 Å². The Labute approximate surface area is 165 Å². The highest BCUT2D eigenvalue weighted by atomic mass is 32.1. The van der Waals surface area contributed by atoms with Crippen molar-refractivity contribution in [3.8, 4) is 11.5 Å². The summed E-state index contributed by atoms with van der Waals surface area (Å²) in [6, 6.07) is 15.0. The third-order valence-electron chi connectivity index (χ3n) is 3.76. The molecule has 3 N–H and O–H groups in total. The molecular weight excluding hydrogens is 362 g/mol. The van der Waals surface area contributed by atoms with Gasteiger partial charge < -0.3 is 14.8 Å². The van der Waals surface area contributed by atoms with Crippen molar-refractivity contribution in [3.63, 3.8) is 0 Å². The van der Waals surface area contributed by atoms with Gasteiger partial charge in [-0.3, -0.25) is 15.6 Å². The third kappa shape index (κ3) is 6.45. The quantitative estimate of drug-likeness (QED) is 0.499. The molecule has 0 aliphatic heterocycles. The Bertz CT molecular complexity index is 765. The van der Waals surface area contributed by atoms with Crippen LogP contribution in [0.4, 0.5) is 5.69 Å². The number of carbonyl (C=O) groups excluding carboxylic acids is 1. The molecule has 0 radical (unpaired) electrons. The van der Waals surface area contributed by atoms with Crippen LogP contribution in [0.2, 0.25) is 0 Å². The second-order valence-electron chi connectivity index (χ2n) is 5.74. The number of rotatable bonds is 7. The van der Waals surface area contributed by atoms with Crippen LogP contribution in [0, 0.1) is 0 Å². The number of hydrogen-bond acceptors (Lipinski definition) is 4. The van der Waals surface area contributed by atoms with Crippen molar-refractivity contribution < 1.29 is 14.3 Å². The Morgan fingerprint density at radius 3 is 2.37 bits per heavy atom. The SMILES string of the molecule is CCOc1ccc(O[C@@H](C)C(=O)NNC(=S)Nc2ccccc2CC)cc1. The van der Waals surface area contributed by atoms with Crippen LogP contribution in [0.25, 0.3) is 0 Å². The third-order valence-corrected chi connectivity index (χ3v) is 3.97. The van der Waals surface area contributed by atoms with Gasteiger partial charge in [-0.05, 0) is 68.4 Å². The van der Waals surface area contributed by atoms with Crippen molar-refractivity contribution in [1.29, 1.82) is 0 Å². The van der Waals surface area contributed by atoms with E-state index in [4.69, 9.17) is 21.7 Å². The normalized spacial score (nSPS) is 11.2. The van der Waals surface area contributed by atoms with E-state index in [0.29, 0.717) is 17.5 Å². The van der Waals surface area contributed by atoms with Gasteiger partial charge in [0.15, 0.2) is 11.2 Å². The van der Waals surface area contributed by atoms with Crippen molar-refractivity contribution in [2.45, 2.75) is 33.3 Å². The summed E-state index contributed by atoms with van der Waals surface area (Å²) in [5.41, 5.74) is 7.29. The van der Waals surface area contributed by atoms with Gasteiger partial charge in [0.2, 0.25) is 0 Å². The average molecular weight is 388 g/mol. The highest BCUT2D eigenvalue weighted by Crippen LogP contribution is 2.18. The van der Waals surface area contributed by atoms with Crippen LogP contribution in [0.15, 0.2) is 48.5 Å². The highest BCUT2D eigenvalue weighted by molar-refractivity contribution is 7.80. The van der Waals surface area contributed by atoms with Gasteiger partial charge >= 0.3 is 0 Å². The molecule has 0 bridgehead atoms. The highest BCUT2D eigenvalue weighted by Gasteiger charge is 2.15. The Morgan fingerprint density at radius 2 is 1.70 bits per heavy atom. The molecule has 0 aromatic heterocycles. The molecule has 0 saturated carbocycles. The predicted octanol–water partition coefficient (Wildman–Crippen LogP) is 3.43. The van der Waals surface area contributed by atoms with Gasteiger partial charge in [-0.25, -0.2) is 0 Å². The van der Waals surface area contributed by atoms with E-state index in [1.54, 1.807) is 31.2 Å². The molecule has 0 aliphatic rings. The lowest BCUT2D eigenvalue weighted by molar-refractivity contribution is -0.127. The minimum atomic E-state index is -0.693. The fourth-order valence-corrected chi connectivity index (χ4v) is 2.52. The number of anilines is 1. The van der Waals surface area contributed by atoms with E-state index in [2.05, 4.69) is 23.1 Å². The van der Waals surface area contributed by atoms with E-state index in [1.165, 1.54) is 0 Å². The minimum absolute atomic E-state index is 0.303. The molecule has 1 atom stereocenters. The first-order valence-electron chi connectivity index (χ1n) is 8.87. The fourth-order valence-electron chi connectivity index (χ4n) is 2.36. The number of amides is 1. The molecule has 2 aromatic rings. The zero-order valence-corrected chi connectivity index (χ0v) is 16.6. The molecular formula is C20H25N3O3S. The lowest BCUT2D eigenvalue weighted by Crippen LogP contribution is -2.48. The monoisotopic (exact) mass is 387 g/mol. The molecule has 0 unspecified atom stereocenters. The topological polar surface area (TPSA) is 71.6 Å². The maximum Gasteiger partial charge on any atom is 0.279 e. The molecule has 0 saturated heterocycles. The smallest absolute Gasteiger partial charge is 0.279 e. The summed E-state index contributed by atoms with van der Waals surface area (Å²) >= 11 is 5.23. The number of hydrogen-bond donors (Lipinski definition) is 3. The van der Waals surface area contributed by atoms with E-state index < -0.39 is 6.10 Å².